The van der Waals surface area contributed by atoms with Crippen LogP contribution >= 0.6 is 15.9 Å². The van der Waals surface area contributed by atoms with E-state index in [1.165, 1.54) is 44.5 Å². The third-order valence-corrected chi connectivity index (χ3v) is 5.57. The van der Waals surface area contributed by atoms with Gasteiger partial charge in [0.1, 0.15) is 12.2 Å². The number of aryl methyl sites for hydroxylation is 6. The number of halogens is 1. The van der Waals surface area contributed by atoms with Crippen LogP contribution < -0.4 is 0 Å². The van der Waals surface area contributed by atoms with Crippen molar-refractivity contribution in [2.45, 2.75) is 60.0 Å². The van der Waals surface area contributed by atoms with Gasteiger partial charge >= 0.3 is 0 Å². The van der Waals surface area contributed by atoms with Gasteiger partial charge < -0.3 is 9.47 Å². The molecule has 1 heterocycles. The predicted octanol–water partition coefficient (Wildman–Crippen LogP) is 6.09. The normalized spacial score (nSPS) is 23.2. The third-order valence-electron chi connectivity index (χ3n) is 5.04. The van der Waals surface area contributed by atoms with E-state index in [1.807, 2.05) is 0 Å². The van der Waals surface area contributed by atoms with Crippen LogP contribution in [0.4, 0.5) is 0 Å². The van der Waals surface area contributed by atoms with E-state index in [-0.39, 0.29) is 18.5 Å². The van der Waals surface area contributed by atoms with Gasteiger partial charge in [-0.1, -0.05) is 51.3 Å². The second kappa shape index (κ2) is 7.22. The molecular weight excluding hydrogens is 376 g/mol. The number of rotatable bonds is 3. The summed E-state index contributed by atoms with van der Waals surface area (Å²) in [6.45, 7) is 13.0. The van der Waals surface area contributed by atoms with Gasteiger partial charge in [-0.3, -0.25) is 0 Å². The molecule has 0 radical (unpaired) electrons. The van der Waals surface area contributed by atoms with E-state index in [9.17, 15) is 0 Å². The van der Waals surface area contributed by atoms with Gasteiger partial charge in [0.25, 0.3) is 0 Å². The summed E-state index contributed by atoms with van der Waals surface area (Å²) in [5.41, 5.74) is 10.2. The number of hydrogen-bond acceptors (Lipinski definition) is 2. The minimum Gasteiger partial charge on any atom is -0.341 e. The van der Waals surface area contributed by atoms with Crippen LogP contribution in [0.1, 0.15) is 56.7 Å². The molecule has 1 aliphatic heterocycles. The van der Waals surface area contributed by atoms with Crippen molar-refractivity contribution in [2.24, 2.45) is 0 Å². The summed E-state index contributed by atoms with van der Waals surface area (Å²) in [5, 5.41) is 0.675. The lowest BCUT2D eigenvalue weighted by atomic mass is 9.87. The van der Waals surface area contributed by atoms with Crippen molar-refractivity contribution in [2.75, 3.05) is 5.33 Å². The highest BCUT2D eigenvalue weighted by atomic mass is 79.9. The van der Waals surface area contributed by atoms with Gasteiger partial charge in [0.2, 0.25) is 0 Å². The molecule has 0 bridgehead atoms. The standard InChI is InChI=1S/C22H27BrO2/c1-12-7-14(3)19(15(4)8-12)21-22(25-18(11-23)24-21)20-16(5)9-13(2)10-17(20)6/h7-10,18,21-22H,11H2,1-6H3. The monoisotopic (exact) mass is 402 g/mol. The quantitative estimate of drug-likeness (QED) is 0.578. The zero-order valence-electron chi connectivity index (χ0n) is 15.9. The first-order valence-corrected chi connectivity index (χ1v) is 9.96. The number of benzene rings is 2. The Morgan fingerprint density at radius 3 is 1.28 bits per heavy atom. The van der Waals surface area contributed by atoms with Crippen LogP contribution in [0.15, 0.2) is 24.3 Å². The molecular formula is C22H27BrO2. The molecule has 1 aliphatic rings. The summed E-state index contributed by atoms with van der Waals surface area (Å²) >= 11 is 3.52. The van der Waals surface area contributed by atoms with Crippen LogP contribution in [0.25, 0.3) is 0 Å². The molecule has 0 aromatic heterocycles. The Bertz CT molecular complexity index is 685. The van der Waals surface area contributed by atoms with Crippen molar-refractivity contribution in [3.05, 3.63) is 68.8 Å². The van der Waals surface area contributed by atoms with Crippen LogP contribution in [0.5, 0.6) is 0 Å². The molecule has 134 valence electrons. The SMILES string of the molecule is Cc1cc(C)c(C2OC(CBr)OC2c2c(C)cc(C)cc2C)c(C)c1. The summed E-state index contributed by atoms with van der Waals surface area (Å²) in [7, 11) is 0. The molecule has 0 aliphatic carbocycles. The van der Waals surface area contributed by atoms with E-state index in [0.29, 0.717) is 5.33 Å². The Kier molecular flexibility index (Phi) is 5.38. The summed E-state index contributed by atoms with van der Waals surface area (Å²) in [5.74, 6) is 0. The van der Waals surface area contributed by atoms with Crippen molar-refractivity contribution in [3.8, 4) is 0 Å². The highest BCUT2D eigenvalue weighted by Crippen LogP contribution is 2.47. The highest BCUT2D eigenvalue weighted by Gasteiger charge is 2.40. The fraction of sp³-hybridized carbons (Fsp3) is 0.455. The van der Waals surface area contributed by atoms with E-state index >= 15 is 0 Å². The first-order chi connectivity index (χ1) is 11.8. The third kappa shape index (κ3) is 3.55. The summed E-state index contributed by atoms with van der Waals surface area (Å²) in [6.07, 6.45) is -0.387. The number of ether oxygens (including phenoxy) is 2. The van der Waals surface area contributed by atoms with Crippen LogP contribution in [-0.4, -0.2) is 11.6 Å². The molecule has 2 aromatic carbocycles. The second-order valence-electron chi connectivity index (χ2n) is 7.32. The van der Waals surface area contributed by atoms with Crippen molar-refractivity contribution >= 4 is 15.9 Å². The van der Waals surface area contributed by atoms with Crippen molar-refractivity contribution in [1.29, 1.82) is 0 Å². The highest BCUT2D eigenvalue weighted by molar-refractivity contribution is 9.09. The van der Waals surface area contributed by atoms with Gasteiger partial charge in [0, 0.05) is 0 Å². The van der Waals surface area contributed by atoms with Crippen LogP contribution in [0.3, 0.4) is 0 Å². The van der Waals surface area contributed by atoms with Crippen LogP contribution in [0, 0.1) is 41.5 Å². The molecule has 2 unspecified atom stereocenters. The zero-order valence-corrected chi connectivity index (χ0v) is 17.5. The molecule has 1 fully saturated rings. The predicted molar refractivity (Wildman–Crippen MR) is 107 cm³/mol. The zero-order chi connectivity index (χ0) is 18.3. The molecule has 0 saturated carbocycles. The smallest absolute Gasteiger partial charge is 0.169 e. The topological polar surface area (TPSA) is 18.5 Å². The number of hydrogen-bond donors (Lipinski definition) is 0. The Morgan fingerprint density at radius 1 is 0.680 bits per heavy atom. The summed E-state index contributed by atoms with van der Waals surface area (Å²) < 4.78 is 12.7. The minimum atomic E-state index is -0.227. The van der Waals surface area contributed by atoms with Gasteiger partial charge in [-0.25, -0.2) is 0 Å². The van der Waals surface area contributed by atoms with Gasteiger partial charge in [-0.15, -0.1) is 0 Å². The molecule has 0 amide bonds. The van der Waals surface area contributed by atoms with Gasteiger partial charge in [-0.05, 0) is 74.9 Å². The maximum atomic E-state index is 6.34. The van der Waals surface area contributed by atoms with Gasteiger partial charge in [-0.2, -0.15) is 0 Å². The van der Waals surface area contributed by atoms with Crippen LogP contribution in [-0.2, 0) is 9.47 Å². The maximum absolute atomic E-state index is 6.34. The molecule has 3 rings (SSSR count). The number of alkyl halides is 1. The average molecular weight is 403 g/mol. The second-order valence-corrected chi connectivity index (χ2v) is 7.97. The van der Waals surface area contributed by atoms with Crippen molar-refractivity contribution in [1.82, 2.24) is 0 Å². The Labute approximate surface area is 159 Å². The first kappa shape index (κ1) is 18.6. The van der Waals surface area contributed by atoms with E-state index < -0.39 is 0 Å². The lowest BCUT2D eigenvalue weighted by Crippen LogP contribution is -2.13. The van der Waals surface area contributed by atoms with E-state index in [4.69, 9.17) is 9.47 Å². The fourth-order valence-electron chi connectivity index (χ4n) is 4.29. The Morgan fingerprint density at radius 2 is 1.00 bits per heavy atom. The largest absolute Gasteiger partial charge is 0.341 e. The maximum Gasteiger partial charge on any atom is 0.169 e. The van der Waals surface area contributed by atoms with E-state index in [1.54, 1.807) is 0 Å². The van der Waals surface area contributed by atoms with Crippen molar-refractivity contribution < 1.29 is 9.47 Å². The van der Waals surface area contributed by atoms with Gasteiger partial charge in [0.15, 0.2) is 6.29 Å². The Balaban J connectivity index is 2.12. The summed E-state index contributed by atoms with van der Waals surface area (Å²) in [4.78, 5) is 0. The fourth-order valence-corrected chi connectivity index (χ4v) is 4.60. The lowest BCUT2D eigenvalue weighted by Gasteiger charge is -2.24. The molecule has 2 nitrogen and oxygen atoms in total. The summed E-state index contributed by atoms with van der Waals surface area (Å²) in [6, 6.07) is 8.94. The van der Waals surface area contributed by atoms with Crippen molar-refractivity contribution in [3.63, 3.8) is 0 Å². The lowest BCUT2D eigenvalue weighted by molar-refractivity contribution is -0.0471. The van der Waals surface area contributed by atoms with Crippen LogP contribution in [0.2, 0.25) is 0 Å². The molecule has 25 heavy (non-hydrogen) atoms. The minimum absolute atomic E-state index is 0.0803. The Hall–Kier alpha value is -1.16. The van der Waals surface area contributed by atoms with Gasteiger partial charge in [0.05, 0.1) is 5.33 Å². The molecule has 1 saturated heterocycles. The average Bonchev–Trinajstić information content (AvgIpc) is 2.89. The first-order valence-electron chi connectivity index (χ1n) is 8.84. The van der Waals surface area contributed by atoms with E-state index in [0.717, 1.165) is 0 Å². The molecule has 0 spiro atoms. The molecule has 2 atom stereocenters. The van der Waals surface area contributed by atoms with E-state index in [2.05, 4.69) is 81.7 Å². The molecule has 2 aromatic rings. The molecule has 3 heteroatoms. The molecule has 0 N–H and O–H groups in total.